The number of hydrogen-bond acceptors (Lipinski definition) is 2. The second-order valence-electron chi connectivity index (χ2n) is 6.32. The molecule has 2 aromatic carbocycles. The molecule has 3 nitrogen and oxygen atoms in total. The fourth-order valence-electron chi connectivity index (χ4n) is 2.71. The third-order valence-corrected chi connectivity index (χ3v) is 3.84. The predicted molar refractivity (Wildman–Crippen MR) is 96.3 cm³/mol. The van der Waals surface area contributed by atoms with Crippen LogP contribution < -0.4 is 10.6 Å². The Labute approximate surface area is 139 Å². The fraction of sp³-hybridized carbons (Fsp3) is 0.350. The van der Waals surface area contributed by atoms with Gasteiger partial charge in [0.05, 0.1) is 0 Å². The zero-order valence-electron chi connectivity index (χ0n) is 14.1. The van der Waals surface area contributed by atoms with Gasteiger partial charge >= 0.3 is 0 Å². The minimum atomic E-state index is 0.0340. The molecule has 0 fully saturated rings. The van der Waals surface area contributed by atoms with Crippen molar-refractivity contribution in [2.75, 3.05) is 5.32 Å². The maximum atomic E-state index is 12.2. The van der Waals surface area contributed by atoms with Crippen LogP contribution in [0.4, 0.5) is 5.69 Å². The van der Waals surface area contributed by atoms with Crippen LogP contribution in [0.5, 0.6) is 0 Å². The van der Waals surface area contributed by atoms with Crippen molar-refractivity contribution in [3.05, 3.63) is 66.2 Å². The summed E-state index contributed by atoms with van der Waals surface area (Å²) in [4.78, 5) is 12.2. The molecule has 0 aliphatic rings. The third kappa shape index (κ3) is 5.53. The van der Waals surface area contributed by atoms with E-state index in [2.05, 4.69) is 55.7 Å². The summed E-state index contributed by atoms with van der Waals surface area (Å²) in [7, 11) is 0. The minimum absolute atomic E-state index is 0.0340. The molecule has 23 heavy (non-hydrogen) atoms. The van der Waals surface area contributed by atoms with Gasteiger partial charge in [0.1, 0.15) is 0 Å². The van der Waals surface area contributed by atoms with E-state index in [1.165, 1.54) is 5.56 Å². The van der Waals surface area contributed by atoms with E-state index in [9.17, 15) is 4.79 Å². The van der Waals surface area contributed by atoms with Gasteiger partial charge in [-0.1, -0.05) is 62.4 Å². The Morgan fingerprint density at radius 2 is 1.48 bits per heavy atom. The lowest BCUT2D eigenvalue weighted by molar-refractivity contribution is -0.116. The van der Waals surface area contributed by atoms with E-state index in [1.807, 2.05) is 36.4 Å². The lowest BCUT2D eigenvalue weighted by Crippen LogP contribution is -2.36. The molecule has 2 N–H and O–H groups in total. The smallest absolute Gasteiger partial charge is 0.225 e. The molecule has 0 saturated carbocycles. The van der Waals surface area contributed by atoms with E-state index in [4.69, 9.17) is 0 Å². The monoisotopic (exact) mass is 310 g/mol. The number of nitrogens with one attached hydrogen (secondary N) is 2. The third-order valence-electron chi connectivity index (χ3n) is 3.84. The number of benzene rings is 2. The van der Waals surface area contributed by atoms with Gasteiger partial charge in [-0.3, -0.25) is 4.79 Å². The van der Waals surface area contributed by atoms with E-state index in [0.29, 0.717) is 12.3 Å². The van der Waals surface area contributed by atoms with Gasteiger partial charge in [0.25, 0.3) is 0 Å². The van der Waals surface area contributed by atoms with Crippen LogP contribution in [0, 0.1) is 5.92 Å². The van der Waals surface area contributed by atoms with Crippen molar-refractivity contribution in [1.82, 2.24) is 5.32 Å². The molecule has 2 rings (SSSR count). The molecule has 0 heterocycles. The highest BCUT2D eigenvalue weighted by Crippen LogP contribution is 2.22. The van der Waals surface area contributed by atoms with Gasteiger partial charge < -0.3 is 10.6 Å². The quantitative estimate of drug-likeness (QED) is 0.796. The Morgan fingerprint density at radius 1 is 0.913 bits per heavy atom. The van der Waals surface area contributed by atoms with Crippen molar-refractivity contribution in [3.8, 4) is 0 Å². The van der Waals surface area contributed by atoms with Crippen LogP contribution >= 0.6 is 0 Å². The highest BCUT2D eigenvalue weighted by atomic mass is 16.1. The second kappa shape index (κ2) is 8.49. The van der Waals surface area contributed by atoms with E-state index in [1.54, 1.807) is 0 Å². The molecule has 0 radical (unpaired) electrons. The van der Waals surface area contributed by atoms with Crippen LogP contribution in [0.25, 0.3) is 0 Å². The normalized spacial score (nSPS) is 13.6. The first-order valence-corrected chi connectivity index (χ1v) is 8.22. The number of anilines is 1. The van der Waals surface area contributed by atoms with Crippen LogP contribution in [0.1, 0.15) is 38.8 Å². The van der Waals surface area contributed by atoms with Crippen molar-refractivity contribution < 1.29 is 4.79 Å². The zero-order valence-corrected chi connectivity index (χ0v) is 14.1. The zero-order chi connectivity index (χ0) is 16.7. The molecule has 0 spiro atoms. The largest absolute Gasteiger partial charge is 0.326 e. The summed E-state index contributed by atoms with van der Waals surface area (Å²) in [6.45, 7) is 6.45. The minimum Gasteiger partial charge on any atom is -0.326 e. The molecular weight excluding hydrogens is 284 g/mol. The summed E-state index contributed by atoms with van der Waals surface area (Å²) in [5, 5.41) is 6.52. The average molecular weight is 310 g/mol. The van der Waals surface area contributed by atoms with Crippen molar-refractivity contribution in [2.45, 2.75) is 39.3 Å². The topological polar surface area (TPSA) is 41.1 Å². The molecule has 2 atom stereocenters. The van der Waals surface area contributed by atoms with Gasteiger partial charge in [-0.2, -0.15) is 0 Å². The Kier molecular flexibility index (Phi) is 6.36. The van der Waals surface area contributed by atoms with Gasteiger partial charge in [0.2, 0.25) is 5.91 Å². The molecule has 0 saturated heterocycles. The van der Waals surface area contributed by atoms with Crippen LogP contribution in [0.15, 0.2) is 60.7 Å². The number of rotatable bonds is 7. The van der Waals surface area contributed by atoms with Gasteiger partial charge in [-0.25, -0.2) is 0 Å². The van der Waals surface area contributed by atoms with Crippen molar-refractivity contribution >= 4 is 11.6 Å². The number of carbonyl (C=O) groups is 1. The Bertz CT molecular complexity index is 596. The van der Waals surface area contributed by atoms with Crippen molar-refractivity contribution in [2.24, 2.45) is 5.92 Å². The number of para-hydroxylation sites is 1. The summed E-state index contributed by atoms with van der Waals surface area (Å²) in [6, 6.07) is 20.3. The molecule has 1 amide bonds. The number of amides is 1. The lowest BCUT2D eigenvalue weighted by Gasteiger charge is -2.27. The van der Waals surface area contributed by atoms with E-state index >= 15 is 0 Å². The SMILES string of the molecule is CC(CC(=O)Nc1ccccc1)NC(c1ccccc1)C(C)C. The summed E-state index contributed by atoms with van der Waals surface area (Å²) >= 11 is 0. The highest BCUT2D eigenvalue weighted by Gasteiger charge is 2.19. The summed E-state index contributed by atoms with van der Waals surface area (Å²) in [5.41, 5.74) is 2.10. The molecule has 2 aromatic rings. The first kappa shape index (κ1) is 17.2. The van der Waals surface area contributed by atoms with Gasteiger partial charge in [-0.05, 0) is 30.5 Å². The average Bonchev–Trinajstić information content (AvgIpc) is 2.54. The van der Waals surface area contributed by atoms with Crippen LogP contribution in [-0.2, 0) is 4.79 Å². The van der Waals surface area contributed by atoms with Crippen LogP contribution in [0.2, 0.25) is 0 Å². The summed E-state index contributed by atoms with van der Waals surface area (Å²) in [5.74, 6) is 0.490. The molecular formula is C20H26N2O. The molecule has 0 aliphatic heterocycles. The summed E-state index contributed by atoms with van der Waals surface area (Å²) < 4.78 is 0. The Balaban J connectivity index is 1.91. The Hall–Kier alpha value is -2.13. The first-order chi connectivity index (χ1) is 11.1. The summed E-state index contributed by atoms with van der Waals surface area (Å²) in [6.07, 6.45) is 0.449. The van der Waals surface area contributed by atoms with Crippen molar-refractivity contribution in [1.29, 1.82) is 0 Å². The van der Waals surface area contributed by atoms with Gasteiger partial charge in [0.15, 0.2) is 0 Å². The maximum absolute atomic E-state index is 12.2. The fourth-order valence-corrected chi connectivity index (χ4v) is 2.71. The van der Waals surface area contributed by atoms with Gasteiger partial charge in [-0.15, -0.1) is 0 Å². The highest BCUT2D eigenvalue weighted by molar-refractivity contribution is 5.91. The van der Waals surface area contributed by atoms with Crippen LogP contribution in [-0.4, -0.2) is 11.9 Å². The maximum Gasteiger partial charge on any atom is 0.225 e. The second-order valence-corrected chi connectivity index (χ2v) is 6.32. The van der Waals surface area contributed by atoms with Crippen molar-refractivity contribution in [3.63, 3.8) is 0 Å². The van der Waals surface area contributed by atoms with E-state index in [-0.39, 0.29) is 18.0 Å². The Morgan fingerprint density at radius 3 is 2.04 bits per heavy atom. The molecule has 2 unspecified atom stereocenters. The molecule has 3 heteroatoms. The molecule has 0 aliphatic carbocycles. The molecule has 0 aromatic heterocycles. The lowest BCUT2D eigenvalue weighted by atomic mass is 9.95. The standard InChI is InChI=1S/C20H26N2O/c1-15(2)20(17-10-6-4-7-11-17)21-16(3)14-19(23)22-18-12-8-5-9-13-18/h4-13,15-16,20-21H,14H2,1-3H3,(H,22,23). The molecule has 0 bridgehead atoms. The van der Waals surface area contributed by atoms with Gasteiger partial charge in [0, 0.05) is 24.2 Å². The van der Waals surface area contributed by atoms with E-state index < -0.39 is 0 Å². The first-order valence-electron chi connectivity index (χ1n) is 8.22. The van der Waals surface area contributed by atoms with Crippen LogP contribution in [0.3, 0.4) is 0 Å². The molecule has 122 valence electrons. The van der Waals surface area contributed by atoms with E-state index in [0.717, 1.165) is 5.69 Å². The predicted octanol–water partition coefficient (Wildman–Crippen LogP) is 4.39. The number of hydrogen-bond donors (Lipinski definition) is 2. The number of carbonyl (C=O) groups excluding carboxylic acids is 1.